The zero-order chi connectivity index (χ0) is 29.1. The molecule has 1 aromatic heterocycles. The third-order valence-electron chi connectivity index (χ3n) is 7.95. The zero-order valence-electron chi connectivity index (χ0n) is 24.6. The van der Waals surface area contributed by atoms with Gasteiger partial charge >= 0.3 is 0 Å². The number of carbonyl (C=O) groups excluding carboxylic acids is 2. The minimum atomic E-state index is -2.14. The van der Waals surface area contributed by atoms with E-state index in [1.165, 1.54) is 0 Å². The van der Waals surface area contributed by atoms with Crippen LogP contribution in [0.3, 0.4) is 0 Å². The van der Waals surface area contributed by atoms with Gasteiger partial charge < -0.3 is 14.6 Å². The van der Waals surface area contributed by atoms with Gasteiger partial charge in [-0.05, 0) is 54.6 Å². The second-order valence-electron chi connectivity index (χ2n) is 12.3. The number of benzene rings is 1. The molecule has 0 bridgehead atoms. The Morgan fingerprint density at radius 1 is 1.23 bits per heavy atom. The van der Waals surface area contributed by atoms with E-state index in [2.05, 4.69) is 54.2 Å². The highest BCUT2D eigenvalue weighted by molar-refractivity contribution is 7.13. The number of aromatic nitrogens is 1. The second-order valence-corrected chi connectivity index (χ2v) is 17.9. The molecule has 1 aliphatic rings. The van der Waals surface area contributed by atoms with Crippen LogP contribution in [0.4, 0.5) is 0 Å². The molecule has 0 spiro atoms. The molecule has 1 aliphatic heterocycles. The first kappa shape index (κ1) is 30.8. The van der Waals surface area contributed by atoms with E-state index in [0.29, 0.717) is 13.0 Å². The van der Waals surface area contributed by atoms with Crippen LogP contribution in [0.15, 0.2) is 34.9 Å². The number of nitrogens with one attached hydrogen (secondary N) is 1. The van der Waals surface area contributed by atoms with Gasteiger partial charge in [-0.2, -0.15) is 0 Å². The molecule has 39 heavy (non-hydrogen) atoms. The lowest BCUT2D eigenvalue weighted by Crippen LogP contribution is -2.50. The first-order valence-corrected chi connectivity index (χ1v) is 17.3. The highest BCUT2D eigenvalue weighted by atomic mass is 32.1. The summed E-state index contributed by atoms with van der Waals surface area (Å²) in [6.07, 6.45) is 0.142. The maximum Gasteiger partial charge on any atom is 0.243 e. The largest absolute Gasteiger partial charge is 0.412 e. The fourth-order valence-corrected chi connectivity index (χ4v) is 6.73. The second kappa shape index (κ2) is 12.2. The van der Waals surface area contributed by atoms with Crippen molar-refractivity contribution in [1.29, 1.82) is 0 Å². The number of hydrogen-bond donors (Lipinski definition) is 1. The summed E-state index contributed by atoms with van der Waals surface area (Å²) in [5.74, 6) is -0.763. The molecule has 2 heterocycles. The molecule has 3 rings (SSSR count). The monoisotopic (exact) mass is 570 g/mol. The molecular formula is C28H42N6O3SSi. The van der Waals surface area contributed by atoms with Gasteiger partial charge in [0.2, 0.25) is 11.8 Å². The Kier molecular flexibility index (Phi) is 9.64. The Balaban J connectivity index is 1.81. The number of carbonyl (C=O) groups is 2. The van der Waals surface area contributed by atoms with E-state index in [9.17, 15) is 9.59 Å². The van der Waals surface area contributed by atoms with Crippen molar-refractivity contribution in [3.05, 3.63) is 51.5 Å². The Morgan fingerprint density at radius 2 is 1.87 bits per heavy atom. The van der Waals surface area contributed by atoms with Crippen LogP contribution < -0.4 is 5.32 Å². The molecule has 212 valence electrons. The summed E-state index contributed by atoms with van der Waals surface area (Å²) < 4.78 is 6.63. The molecule has 0 radical (unpaired) electrons. The molecule has 0 unspecified atom stereocenters. The maximum absolute atomic E-state index is 13.6. The standard InChI is InChI=1S/C28H42N6O3SSi/c1-17(2)24(32-33-29)27(36)34-15-22(37-39(8,9)28(5,6)7)14-23(34)26(35)31-18(3)20-10-12-21(13-11-20)25-19(4)30-16-38-25/h10-13,16-18,22-24H,14-15H2,1-9H3,(H,31,35)/t18-,22+,23-,24-/m0/s1. The van der Waals surface area contributed by atoms with Gasteiger partial charge in [0.15, 0.2) is 8.32 Å². The topological polar surface area (TPSA) is 120 Å². The number of nitrogens with zero attached hydrogens (tertiary/aromatic N) is 5. The Labute approximate surface area is 237 Å². The van der Waals surface area contributed by atoms with E-state index < -0.39 is 20.4 Å². The van der Waals surface area contributed by atoms with Gasteiger partial charge in [0.05, 0.1) is 28.2 Å². The highest BCUT2D eigenvalue weighted by Crippen LogP contribution is 2.39. The summed E-state index contributed by atoms with van der Waals surface area (Å²) in [6, 6.07) is 6.26. The molecule has 0 aliphatic carbocycles. The predicted octanol–water partition coefficient (Wildman–Crippen LogP) is 6.62. The van der Waals surface area contributed by atoms with E-state index in [1.807, 2.05) is 57.5 Å². The SMILES string of the molecule is Cc1ncsc1-c1ccc([C@H](C)NC(=O)[C@@H]2C[C@@H](O[Si](C)(C)C(C)(C)C)CN2C(=O)[C@@H](N=[N+]=[N-])C(C)C)cc1. The Morgan fingerprint density at radius 3 is 2.38 bits per heavy atom. The predicted molar refractivity (Wildman–Crippen MR) is 159 cm³/mol. The number of thiazole rings is 1. The molecule has 1 saturated heterocycles. The lowest BCUT2D eigenvalue weighted by Gasteiger charge is -2.38. The average molecular weight is 571 g/mol. The van der Waals surface area contributed by atoms with E-state index in [1.54, 1.807) is 16.2 Å². The van der Waals surface area contributed by atoms with Crippen LogP contribution in [0.5, 0.6) is 0 Å². The fraction of sp³-hybridized carbons (Fsp3) is 0.607. The van der Waals surface area contributed by atoms with Crippen LogP contribution in [0.1, 0.15) is 65.3 Å². The molecule has 11 heteroatoms. The van der Waals surface area contributed by atoms with Gasteiger partial charge in [0, 0.05) is 17.9 Å². The van der Waals surface area contributed by atoms with E-state index >= 15 is 0 Å². The maximum atomic E-state index is 13.6. The number of amides is 2. The molecule has 0 saturated carbocycles. The van der Waals surface area contributed by atoms with Crippen LogP contribution in [0.2, 0.25) is 18.1 Å². The van der Waals surface area contributed by atoms with Gasteiger partial charge in [0.1, 0.15) is 12.1 Å². The molecule has 4 atom stereocenters. The van der Waals surface area contributed by atoms with Gasteiger partial charge in [-0.15, -0.1) is 11.3 Å². The number of hydrogen-bond acceptors (Lipinski definition) is 6. The summed E-state index contributed by atoms with van der Waals surface area (Å²) in [7, 11) is -2.14. The van der Waals surface area contributed by atoms with E-state index in [4.69, 9.17) is 9.96 Å². The molecule has 1 N–H and O–H groups in total. The van der Waals surface area contributed by atoms with Crippen molar-refractivity contribution in [2.24, 2.45) is 11.0 Å². The van der Waals surface area contributed by atoms with Crippen molar-refractivity contribution in [3.63, 3.8) is 0 Å². The van der Waals surface area contributed by atoms with Crippen LogP contribution in [-0.2, 0) is 14.0 Å². The summed E-state index contributed by atoms with van der Waals surface area (Å²) in [4.78, 5) is 37.1. The number of rotatable bonds is 9. The third kappa shape index (κ3) is 7.08. The van der Waals surface area contributed by atoms with Crippen molar-refractivity contribution >= 4 is 31.5 Å². The molecule has 1 fully saturated rings. The minimum Gasteiger partial charge on any atom is -0.412 e. The van der Waals surface area contributed by atoms with Gasteiger partial charge in [-0.3, -0.25) is 9.59 Å². The van der Waals surface area contributed by atoms with Gasteiger partial charge in [0.25, 0.3) is 0 Å². The van der Waals surface area contributed by atoms with Crippen LogP contribution >= 0.6 is 11.3 Å². The summed E-state index contributed by atoms with van der Waals surface area (Å²) in [6.45, 7) is 18.7. The number of azide groups is 1. The van der Waals surface area contributed by atoms with Gasteiger partial charge in [-0.25, -0.2) is 4.98 Å². The quantitative estimate of drug-likeness (QED) is 0.158. The first-order chi connectivity index (χ1) is 18.2. The third-order valence-corrected chi connectivity index (χ3v) is 13.5. The normalized spacial score (nSPS) is 19.5. The van der Waals surface area contributed by atoms with Gasteiger partial charge in [-0.1, -0.05) is 64.0 Å². The van der Waals surface area contributed by atoms with Crippen molar-refractivity contribution in [3.8, 4) is 10.4 Å². The van der Waals surface area contributed by atoms with Crippen molar-refractivity contribution in [2.45, 2.75) is 97.2 Å². The minimum absolute atomic E-state index is 0.00779. The van der Waals surface area contributed by atoms with E-state index in [-0.39, 0.29) is 34.9 Å². The van der Waals surface area contributed by atoms with Crippen LogP contribution in [0, 0.1) is 12.8 Å². The molecule has 9 nitrogen and oxygen atoms in total. The van der Waals surface area contributed by atoms with E-state index in [0.717, 1.165) is 21.7 Å². The van der Waals surface area contributed by atoms with Crippen molar-refractivity contribution in [1.82, 2.24) is 15.2 Å². The Bertz CT molecular complexity index is 1220. The summed E-state index contributed by atoms with van der Waals surface area (Å²) in [5.41, 5.74) is 14.0. The summed E-state index contributed by atoms with van der Waals surface area (Å²) >= 11 is 1.60. The van der Waals surface area contributed by atoms with Crippen LogP contribution in [-0.4, -0.2) is 54.7 Å². The molecular weight excluding hydrogens is 529 g/mol. The smallest absolute Gasteiger partial charge is 0.243 e. The Hall–Kier alpha value is -2.72. The summed E-state index contributed by atoms with van der Waals surface area (Å²) in [5, 5.41) is 6.87. The van der Waals surface area contributed by atoms with Crippen LogP contribution in [0.25, 0.3) is 20.9 Å². The zero-order valence-corrected chi connectivity index (χ0v) is 26.4. The molecule has 2 amide bonds. The lowest BCUT2D eigenvalue weighted by atomic mass is 10.0. The average Bonchev–Trinajstić information content (AvgIpc) is 3.47. The van der Waals surface area contributed by atoms with Crippen molar-refractivity contribution < 1.29 is 14.0 Å². The molecule has 2 aromatic rings. The first-order valence-electron chi connectivity index (χ1n) is 13.5. The fourth-order valence-electron chi connectivity index (χ4n) is 4.56. The number of aryl methyl sites for hydroxylation is 1. The number of likely N-dealkylation sites (tertiary alicyclic amines) is 1. The lowest BCUT2D eigenvalue weighted by molar-refractivity contribution is -0.140. The highest BCUT2D eigenvalue weighted by Gasteiger charge is 2.46. The molecule has 1 aromatic carbocycles. The van der Waals surface area contributed by atoms with Crippen molar-refractivity contribution in [2.75, 3.05) is 6.54 Å².